The molecule has 1 aromatic heterocycles. The van der Waals surface area contributed by atoms with E-state index in [-0.39, 0.29) is 32.5 Å². The number of ketones is 1. The van der Waals surface area contributed by atoms with Crippen LogP contribution >= 0.6 is 34.8 Å². The summed E-state index contributed by atoms with van der Waals surface area (Å²) in [6.07, 6.45) is 1.14. The summed E-state index contributed by atoms with van der Waals surface area (Å²) >= 11 is 18.4. The van der Waals surface area contributed by atoms with Crippen LogP contribution in [0.2, 0.25) is 15.2 Å². The number of anilines is 1. The SMILES string of the molecule is CC(C)(C)OC(=O)N1CCN(c2cnc(C(=O)c3cccc(Cl)c3Cl)c(Cl)n2)CC1. The Balaban J connectivity index is 1.70. The van der Waals surface area contributed by atoms with Gasteiger partial charge in [0.25, 0.3) is 0 Å². The number of amides is 1. The van der Waals surface area contributed by atoms with Crippen molar-refractivity contribution in [3.63, 3.8) is 0 Å². The van der Waals surface area contributed by atoms with Crippen molar-refractivity contribution in [3.8, 4) is 0 Å². The minimum absolute atomic E-state index is 0.00280. The standard InChI is InChI=1S/C20H21Cl3N4O3/c1-20(2,3)30-19(29)27-9-7-26(8-10-27)14-11-24-16(18(23)25-14)17(28)12-5-4-6-13(21)15(12)22/h4-6,11H,7-10H2,1-3H3. The number of rotatable bonds is 3. The Labute approximate surface area is 189 Å². The summed E-state index contributed by atoms with van der Waals surface area (Å²) < 4.78 is 5.40. The van der Waals surface area contributed by atoms with Crippen molar-refractivity contribution in [2.45, 2.75) is 26.4 Å². The molecule has 0 bridgehead atoms. The van der Waals surface area contributed by atoms with E-state index in [0.717, 1.165) is 0 Å². The topological polar surface area (TPSA) is 75.6 Å². The Kier molecular flexibility index (Phi) is 6.75. The van der Waals surface area contributed by atoms with Gasteiger partial charge in [-0.2, -0.15) is 0 Å². The molecule has 1 fully saturated rings. The number of hydrogen-bond acceptors (Lipinski definition) is 6. The van der Waals surface area contributed by atoms with Crippen LogP contribution in [0.15, 0.2) is 24.4 Å². The van der Waals surface area contributed by atoms with Crippen LogP contribution in [0.1, 0.15) is 36.8 Å². The second kappa shape index (κ2) is 8.96. The fourth-order valence-electron chi connectivity index (χ4n) is 2.91. The van der Waals surface area contributed by atoms with Gasteiger partial charge in [-0.05, 0) is 32.9 Å². The monoisotopic (exact) mass is 470 g/mol. The van der Waals surface area contributed by atoms with Gasteiger partial charge in [0.15, 0.2) is 5.15 Å². The molecule has 2 aromatic rings. The quantitative estimate of drug-likeness (QED) is 0.603. The lowest BCUT2D eigenvalue weighted by molar-refractivity contribution is 0.0240. The molecule has 3 rings (SSSR count). The maximum absolute atomic E-state index is 12.8. The summed E-state index contributed by atoms with van der Waals surface area (Å²) in [5, 5.41) is 0.388. The summed E-state index contributed by atoms with van der Waals surface area (Å²) in [6, 6.07) is 4.77. The van der Waals surface area contributed by atoms with E-state index < -0.39 is 11.4 Å². The number of piperazine rings is 1. The maximum atomic E-state index is 12.8. The van der Waals surface area contributed by atoms with Crippen molar-refractivity contribution in [2.75, 3.05) is 31.1 Å². The second-order valence-electron chi connectivity index (χ2n) is 7.75. The van der Waals surface area contributed by atoms with Crippen LogP contribution in [0.5, 0.6) is 0 Å². The van der Waals surface area contributed by atoms with Crippen LogP contribution in [0.4, 0.5) is 10.6 Å². The van der Waals surface area contributed by atoms with Crippen molar-refractivity contribution in [1.29, 1.82) is 0 Å². The van der Waals surface area contributed by atoms with Gasteiger partial charge in [0, 0.05) is 31.7 Å². The fourth-order valence-corrected chi connectivity index (χ4v) is 3.52. The van der Waals surface area contributed by atoms with Crippen LogP contribution in [0, 0.1) is 0 Å². The lowest BCUT2D eigenvalue weighted by Gasteiger charge is -2.36. The number of carbonyl (C=O) groups is 2. The van der Waals surface area contributed by atoms with E-state index in [1.807, 2.05) is 25.7 Å². The van der Waals surface area contributed by atoms with Gasteiger partial charge in [-0.25, -0.2) is 14.8 Å². The molecule has 30 heavy (non-hydrogen) atoms. The predicted octanol–water partition coefficient (Wildman–Crippen LogP) is 4.72. The number of ether oxygens (including phenoxy) is 1. The molecular weight excluding hydrogens is 451 g/mol. The van der Waals surface area contributed by atoms with Crippen molar-refractivity contribution in [3.05, 3.63) is 50.9 Å². The molecule has 0 unspecified atom stereocenters. The van der Waals surface area contributed by atoms with Gasteiger partial charge in [0.1, 0.15) is 17.1 Å². The number of carbonyl (C=O) groups excluding carboxylic acids is 2. The normalized spacial score (nSPS) is 14.6. The van der Waals surface area contributed by atoms with E-state index in [9.17, 15) is 9.59 Å². The molecule has 0 atom stereocenters. The van der Waals surface area contributed by atoms with Gasteiger partial charge in [0.05, 0.1) is 16.2 Å². The molecule has 0 radical (unpaired) electrons. The zero-order valence-corrected chi connectivity index (χ0v) is 19.1. The van der Waals surface area contributed by atoms with E-state index >= 15 is 0 Å². The molecule has 160 valence electrons. The molecule has 1 aliphatic rings. The molecule has 1 aromatic carbocycles. The second-order valence-corrected chi connectivity index (χ2v) is 8.90. The highest BCUT2D eigenvalue weighted by atomic mass is 35.5. The zero-order chi connectivity index (χ0) is 22.1. The molecule has 0 aliphatic carbocycles. The highest BCUT2D eigenvalue weighted by Crippen LogP contribution is 2.29. The average Bonchev–Trinajstić information content (AvgIpc) is 2.68. The number of halogens is 3. The smallest absolute Gasteiger partial charge is 0.410 e. The third-order valence-corrected chi connectivity index (χ3v) is 5.47. The van der Waals surface area contributed by atoms with E-state index in [2.05, 4.69) is 9.97 Å². The molecule has 7 nitrogen and oxygen atoms in total. The Morgan fingerprint density at radius 1 is 1.07 bits per heavy atom. The largest absolute Gasteiger partial charge is 0.444 e. The summed E-state index contributed by atoms with van der Waals surface area (Å²) in [6.45, 7) is 7.53. The van der Waals surface area contributed by atoms with E-state index in [1.165, 1.54) is 6.20 Å². The van der Waals surface area contributed by atoms with Gasteiger partial charge >= 0.3 is 6.09 Å². The minimum Gasteiger partial charge on any atom is -0.444 e. The molecule has 2 heterocycles. The summed E-state index contributed by atoms with van der Waals surface area (Å²) in [5.74, 6) is 0.0684. The van der Waals surface area contributed by atoms with Gasteiger partial charge in [-0.3, -0.25) is 4.79 Å². The fraction of sp³-hybridized carbons (Fsp3) is 0.400. The first kappa shape index (κ1) is 22.6. The lowest BCUT2D eigenvalue weighted by Crippen LogP contribution is -2.50. The third-order valence-electron chi connectivity index (χ3n) is 4.38. The first-order valence-electron chi connectivity index (χ1n) is 9.31. The van der Waals surface area contributed by atoms with Gasteiger partial charge in [0.2, 0.25) is 5.78 Å². The number of benzene rings is 1. The van der Waals surface area contributed by atoms with Crippen molar-refractivity contribution >= 4 is 52.5 Å². The predicted molar refractivity (Wildman–Crippen MR) is 117 cm³/mol. The Bertz CT molecular complexity index is 970. The zero-order valence-electron chi connectivity index (χ0n) is 16.8. The Morgan fingerprint density at radius 2 is 1.73 bits per heavy atom. The number of nitrogens with zero attached hydrogens (tertiary/aromatic N) is 4. The van der Waals surface area contributed by atoms with Crippen molar-refractivity contribution < 1.29 is 14.3 Å². The third kappa shape index (κ3) is 5.14. The lowest BCUT2D eigenvalue weighted by atomic mass is 10.1. The van der Waals surface area contributed by atoms with Crippen LogP contribution in [0.3, 0.4) is 0 Å². The van der Waals surface area contributed by atoms with Crippen LogP contribution in [0.25, 0.3) is 0 Å². The number of aromatic nitrogens is 2. The summed E-state index contributed by atoms with van der Waals surface area (Å²) in [4.78, 5) is 37.1. The van der Waals surface area contributed by atoms with Gasteiger partial charge in [-0.1, -0.05) is 40.9 Å². The minimum atomic E-state index is -0.540. The Morgan fingerprint density at radius 3 is 2.33 bits per heavy atom. The first-order chi connectivity index (χ1) is 14.1. The van der Waals surface area contributed by atoms with Crippen LogP contribution < -0.4 is 4.90 Å². The molecule has 0 N–H and O–H groups in total. The molecule has 0 spiro atoms. The van der Waals surface area contributed by atoms with Crippen LogP contribution in [-0.2, 0) is 4.74 Å². The average molecular weight is 472 g/mol. The highest BCUT2D eigenvalue weighted by Gasteiger charge is 2.27. The molecule has 10 heteroatoms. The molecule has 1 saturated heterocycles. The van der Waals surface area contributed by atoms with E-state index in [1.54, 1.807) is 23.1 Å². The van der Waals surface area contributed by atoms with Gasteiger partial charge in [-0.15, -0.1) is 0 Å². The van der Waals surface area contributed by atoms with Gasteiger partial charge < -0.3 is 14.5 Å². The summed E-state index contributed by atoms with van der Waals surface area (Å²) in [5.41, 5.74) is -0.336. The maximum Gasteiger partial charge on any atom is 0.410 e. The molecule has 0 saturated carbocycles. The van der Waals surface area contributed by atoms with E-state index in [4.69, 9.17) is 39.5 Å². The molecular formula is C20H21Cl3N4O3. The molecule has 1 amide bonds. The van der Waals surface area contributed by atoms with E-state index in [0.29, 0.717) is 32.0 Å². The van der Waals surface area contributed by atoms with Crippen molar-refractivity contribution in [2.24, 2.45) is 0 Å². The highest BCUT2D eigenvalue weighted by molar-refractivity contribution is 6.44. The Hall–Kier alpha value is -2.09. The summed E-state index contributed by atoms with van der Waals surface area (Å²) in [7, 11) is 0. The number of hydrogen-bond donors (Lipinski definition) is 0. The van der Waals surface area contributed by atoms with Crippen LogP contribution in [-0.4, -0.2) is 58.5 Å². The van der Waals surface area contributed by atoms with Crippen molar-refractivity contribution in [1.82, 2.24) is 14.9 Å². The first-order valence-corrected chi connectivity index (χ1v) is 10.4. The molecule has 1 aliphatic heterocycles.